The fourth-order valence-electron chi connectivity index (χ4n) is 3.74. The average molecular weight is 544 g/mol. The largest absolute Gasteiger partial charge is 0.494 e. The molecule has 182 valence electrons. The minimum absolute atomic E-state index is 0.0168. The second-order valence-electron chi connectivity index (χ2n) is 7.86. The quantitative estimate of drug-likeness (QED) is 0.505. The number of amides is 1. The maximum Gasteiger partial charge on any atom is 0.243 e. The zero-order chi connectivity index (χ0) is 24.7. The summed E-state index contributed by atoms with van der Waals surface area (Å²) in [6.45, 7) is 0.349. The predicted octanol–water partition coefficient (Wildman–Crippen LogP) is 3.40. The van der Waals surface area contributed by atoms with E-state index in [0.717, 1.165) is 6.26 Å². The number of nitrogens with one attached hydrogen (secondary N) is 1. The minimum atomic E-state index is -3.79. The first-order valence-corrected chi connectivity index (χ1v) is 14.8. The molecule has 0 saturated carbocycles. The number of thiazole rings is 1. The highest BCUT2D eigenvalue weighted by atomic mass is 35.5. The van der Waals surface area contributed by atoms with Gasteiger partial charge in [0.25, 0.3) is 0 Å². The van der Waals surface area contributed by atoms with E-state index in [-0.39, 0.29) is 34.7 Å². The second kappa shape index (κ2) is 9.42. The number of sulfonamides is 1. The van der Waals surface area contributed by atoms with Crippen molar-refractivity contribution in [3.8, 4) is 5.75 Å². The van der Waals surface area contributed by atoms with E-state index in [1.54, 1.807) is 12.1 Å². The van der Waals surface area contributed by atoms with E-state index < -0.39 is 19.9 Å². The lowest BCUT2D eigenvalue weighted by molar-refractivity contribution is -0.120. The molecule has 3 aromatic rings. The topological polar surface area (TPSA) is 123 Å². The summed E-state index contributed by atoms with van der Waals surface area (Å²) < 4.78 is 56.4. The molecular formula is C21H22ClN3O6S3. The number of anilines is 1. The third-order valence-corrected chi connectivity index (χ3v) is 10.1. The van der Waals surface area contributed by atoms with Crippen molar-refractivity contribution in [1.82, 2.24) is 9.29 Å². The Morgan fingerprint density at radius 1 is 1.09 bits per heavy atom. The summed E-state index contributed by atoms with van der Waals surface area (Å²) in [5, 5.41) is 3.72. The zero-order valence-corrected chi connectivity index (χ0v) is 21.5. The summed E-state index contributed by atoms with van der Waals surface area (Å²) in [6, 6.07) is 8.55. The summed E-state index contributed by atoms with van der Waals surface area (Å²) in [7, 11) is -5.68. The second-order valence-corrected chi connectivity index (χ2v) is 13.2. The Kier molecular flexibility index (Phi) is 6.89. The number of ether oxygens (including phenoxy) is 1. The molecule has 1 aliphatic rings. The maximum absolute atomic E-state index is 13.0. The molecule has 1 fully saturated rings. The van der Waals surface area contributed by atoms with Gasteiger partial charge < -0.3 is 10.1 Å². The molecule has 34 heavy (non-hydrogen) atoms. The van der Waals surface area contributed by atoms with Crippen molar-refractivity contribution in [3.63, 3.8) is 0 Å². The number of sulfone groups is 1. The van der Waals surface area contributed by atoms with Crippen molar-refractivity contribution in [2.45, 2.75) is 22.6 Å². The molecule has 1 saturated heterocycles. The Morgan fingerprint density at radius 3 is 2.29 bits per heavy atom. The number of methoxy groups -OCH3 is 1. The van der Waals surface area contributed by atoms with Gasteiger partial charge in [0.05, 0.1) is 26.6 Å². The summed E-state index contributed by atoms with van der Waals surface area (Å²) >= 11 is 7.48. The molecule has 13 heteroatoms. The fraction of sp³-hybridized carbons (Fsp3) is 0.333. The molecule has 1 aliphatic heterocycles. The molecule has 1 amide bonds. The molecule has 1 N–H and O–H groups in total. The number of piperidine rings is 1. The van der Waals surface area contributed by atoms with Crippen molar-refractivity contribution >= 4 is 64.1 Å². The lowest BCUT2D eigenvalue weighted by Crippen LogP contribution is -2.41. The van der Waals surface area contributed by atoms with Crippen LogP contribution in [0.1, 0.15) is 12.8 Å². The molecule has 2 aromatic carbocycles. The van der Waals surface area contributed by atoms with Crippen LogP contribution in [0.5, 0.6) is 5.75 Å². The van der Waals surface area contributed by atoms with Crippen molar-refractivity contribution in [2.75, 3.05) is 31.8 Å². The van der Waals surface area contributed by atoms with Crippen LogP contribution in [-0.2, 0) is 24.7 Å². The molecule has 0 spiro atoms. The lowest BCUT2D eigenvalue weighted by Gasteiger charge is -2.30. The molecule has 0 aliphatic carbocycles. The minimum Gasteiger partial charge on any atom is -0.494 e. The third kappa shape index (κ3) is 4.91. The highest BCUT2D eigenvalue weighted by Crippen LogP contribution is 2.37. The molecular weight excluding hydrogens is 522 g/mol. The standard InChI is InChI=1S/C21H22ClN3O6S3/c1-31-17-8-7-16(22)19-18(17)23-21(32-19)24-20(26)13-9-11-25(12-10-13)34(29,30)15-5-3-14(4-6-15)33(2,27)28/h3-8,13H,9-12H2,1-2H3,(H,23,24,26). The van der Waals surface area contributed by atoms with Crippen LogP contribution in [0.25, 0.3) is 10.2 Å². The van der Waals surface area contributed by atoms with E-state index in [1.165, 1.54) is 47.0 Å². The Morgan fingerprint density at radius 2 is 1.71 bits per heavy atom. The summed E-state index contributed by atoms with van der Waals surface area (Å²) in [4.78, 5) is 17.3. The zero-order valence-electron chi connectivity index (χ0n) is 18.3. The van der Waals surface area contributed by atoms with E-state index in [4.69, 9.17) is 16.3 Å². The summed E-state index contributed by atoms with van der Waals surface area (Å²) in [6.07, 6.45) is 1.76. The van der Waals surface area contributed by atoms with Crippen LogP contribution in [0, 0.1) is 5.92 Å². The van der Waals surface area contributed by atoms with E-state index in [9.17, 15) is 21.6 Å². The van der Waals surface area contributed by atoms with Crippen LogP contribution in [0.15, 0.2) is 46.2 Å². The van der Waals surface area contributed by atoms with E-state index >= 15 is 0 Å². The SMILES string of the molecule is COc1ccc(Cl)c2sc(NC(=O)C3CCN(S(=O)(=O)c4ccc(S(C)(=O)=O)cc4)CC3)nc12. The average Bonchev–Trinajstić information content (AvgIpc) is 3.23. The fourth-order valence-corrected chi connectivity index (χ4v) is 7.00. The van der Waals surface area contributed by atoms with Crippen LogP contribution in [0.3, 0.4) is 0 Å². The highest BCUT2D eigenvalue weighted by molar-refractivity contribution is 7.90. The third-order valence-electron chi connectivity index (χ3n) is 5.62. The number of halogens is 1. The van der Waals surface area contributed by atoms with E-state index in [2.05, 4.69) is 10.3 Å². The number of aromatic nitrogens is 1. The van der Waals surface area contributed by atoms with Crippen molar-refractivity contribution in [2.24, 2.45) is 5.92 Å². The van der Waals surface area contributed by atoms with Crippen LogP contribution in [0.4, 0.5) is 5.13 Å². The van der Waals surface area contributed by atoms with Gasteiger partial charge in [-0.1, -0.05) is 22.9 Å². The van der Waals surface area contributed by atoms with Gasteiger partial charge in [0.2, 0.25) is 15.9 Å². The van der Waals surface area contributed by atoms with Gasteiger partial charge in [-0.05, 0) is 49.2 Å². The molecule has 9 nitrogen and oxygen atoms in total. The number of carbonyl (C=O) groups is 1. The Labute approximate surface area is 206 Å². The number of carbonyl (C=O) groups excluding carboxylic acids is 1. The molecule has 4 rings (SSSR count). The molecule has 0 unspecified atom stereocenters. The Balaban J connectivity index is 1.42. The Bertz CT molecular complexity index is 1440. The number of hydrogen-bond donors (Lipinski definition) is 1. The van der Waals surface area contributed by atoms with Crippen molar-refractivity contribution in [1.29, 1.82) is 0 Å². The van der Waals surface area contributed by atoms with E-state index in [0.29, 0.717) is 39.0 Å². The van der Waals surface area contributed by atoms with Gasteiger partial charge in [0.15, 0.2) is 15.0 Å². The first-order valence-electron chi connectivity index (χ1n) is 10.2. The number of nitrogens with zero attached hydrogens (tertiary/aromatic N) is 2. The predicted molar refractivity (Wildman–Crippen MR) is 131 cm³/mol. The number of rotatable bonds is 6. The number of benzene rings is 2. The van der Waals surface area contributed by atoms with Crippen LogP contribution < -0.4 is 10.1 Å². The van der Waals surface area contributed by atoms with Gasteiger partial charge in [-0.2, -0.15) is 4.31 Å². The van der Waals surface area contributed by atoms with Crippen LogP contribution in [0.2, 0.25) is 5.02 Å². The first kappa shape index (κ1) is 24.9. The molecule has 1 aromatic heterocycles. The van der Waals surface area contributed by atoms with Crippen LogP contribution in [-0.4, -0.2) is 58.5 Å². The van der Waals surface area contributed by atoms with Gasteiger partial charge in [-0.3, -0.25) is 4.79 Å². The monoisotopic (exact) mass is 543 g/mol. The first-order chi connectivity index (χ1) is 16.0. The van der Waals surface area contributed by atoms with Gasteiger partial charge in [0.1, 0.15) is 11.3 Å². The molecule has 0 atom stereocenters. The molecule has 2 heterocycles. The lowest BCUT2D eigenvalue weighted by atomic mass is 9.97. The maximum atomic E-state index is 13.0. The molecule has 0 radical (unpaired) electrons. The number of fused-ring (bicyclic) bond motifs is 1. The van der Waals surface area contributed by atoms with Gasteiger partial charge >= 0.3 is 0 Å². The number of hydrogen-bond acceptors (Lipinski definition) is 8. The highest BCUT2D eigenvalue weighted by Gasteiger charge is 2.32. The van der Waals surface area contributed by atoms with Gasteiger partial charge in [0, 0.05) is 25.3 Å². The smallest absolute Gasteiger partial charge is 0.243 e. The van der Waals surface area contributed by atoms with Crippen molar-refractivity contribution in [3.05, 3.63) is 41.4 Å². The van der Waals surface area contributed by atoms with E-state index in [1.807, 2.05) is 0 Å². The normalized spacial score (nSPS) is 16.0. The van der Waals surface area contributed by atoms with Crippen molar-refractivity contribution < 1.29 is 26.4 Å². The van der Waals surface area contributed by atoms with Crippen LogP contribution >= 0.6 is 22.9 Å². The summed E-state index contributed by atoms with van der Waals surface area (Å²) in [5.41, 5.74) is 0.568. The van der Waals surface area contributed by atoms with Gasteiger partial charge in [-0.15, -0.1) is 0 Å². The molecule has 0 bridgehead atoms. The van der Waals surface area contributed by atoms with Gasteiger partial charge in [-0.25, -0.2) is 21.8 Å². The summed E-state index contributed by atoms with van der Waals surface area (Å²) in [5.74, 6) is -0.0497. The Hall–Kier alpha value is -2.25.